The van der Waals surface area contributed by atoms with E-state index in [1.165, 1.54) is 62.4 Å². The standard InChI is InChI=1S/C22H32N4/c1-4-26-18(3)22(17(2)23-26)16-24-11-13-25(14-12-24)21-10-9-19-7-5-6-8-20(19)15-21/h5-8,21H,4,9-16H2,1-3H3. The third kappa shape index (κ3) is 3.45. The molecule has 0 N–H and O–H groups in total. The largest absolute Gasteiger partial charge is 0.298 e. The minimum absolute atomic E-state index is 0.735. The molecule has 140 valence electrons. The highest BCUT2D eigenvalue weighted by molar-refractivity contribution is 5.30. The van der Waals surface area contributed by atoms with E-state index in [-0.39, 0.29) is 0 Å². The van der Waals surface area contributed by atoms with Crippen molar-refractivity contribution in [3.63, 3.8) is 0 Å². The monoisotopic (exact) mass is 352 g/mol. The van der Waals surface area contributed by atoms with Crippen molar-refractivity contribution in [2.24, 2.45) is 0 Å². The van der Waals surface area contributed by atoms with E-state index < -0.39 is 0 Å². The fourth-order valence-electron chi connectivity index (χ4n) is 4.77. The topological polar surface area (TPSA) is 24.3 Å². The fraction of sp³-hybridized carbons (Fsp3) is 0.591. The van der Waals surface area contributed by atoms with Crippen molar-refractivity contribution in [3.8, 4) is 0 Å². The van der Waals surface area contributed by atoms with Crippen LogP contribution in [0.1, 0.15) is 41.4 Å². The zero-order valence-electron chi connectivity index (χ0n) is 16.5. The molecule has 1 aromatic carbocycles. The third-order valence-corrected chi connectivity index (χ3v) is 6.46. The first kappa shape index (κ1) is 17.7. The molecule has 1 fully saturated rings. The van der Waals surface area contributed by atoms with Crippen LogP contribution < -0.4 is 0 Å². The van der Waals surface area contributed by atoms with Gasteiger partial charge in [-0.3, -0.25) is 14.5 Å². The van der Waals surface area contributed by atoms with Crippen LogP contribution in [-0.4, -0.2) is 51.8 Å². The average molecular weight is 353 g/mol. The highest BCUT2D eigenvalue weighted by Crippen LogP contribution is 2.25. The molecule has 1 aromatic heterocycles. The zero-order valence-corrected chi connectivity index (χ0v) is 16.5. The number of hydrogen-bond acceptors (Lipinski definition) is 3. The summed E-state index contributed by atoms with van der Waals surface area (Å²) in [5, 5.41) is 4.68. The van der Waals surface area contributed by atoms with Gasteiger partial charge in [-0.25, -0.2) is 0 Å². The van der Waals surface area contributed by atoms with Gasteiger partial charge >= 0.3 is 0 Å². The zero-order chi connectivity index (χ0) is 18.1. The summed E-state index contributed by atoms with van der Waals surface area (Å²) < 4.78 is 2.14. The maximum atomic E-state index is 4.68. The smallest absolute Gasteiger partial charge is 0.0641 e. The molecule has 0 saturated carbocycles. The van der Waals surface area contributed by atoms with E-state index in [2.05, 4.69) is 64.6 Å². The van der Waals surface area contributed by atoms with Gasteiger partial charge in [-0.05, 0) is 51.2 Å². The number of aryl methyl sites for hydroxylation is 3. The lowest BCUT2D eigenvalue weighted by Gasteiger charge is -2.41. The maximum Gasteiger partial charge on any atom is 0.0641 e. The summed E-state index contributed by atoms with van der Waals surface area (Å²) in [7, 11) is 0. The van der Waals surface area contributed by atoms with Crippen LogP contribution in [0.4, 0.5) is 0 Å². The van der Waals surface area contributed by atoms with Gasteiger partial charge in [0, 0.05) is 56.6 Å². The molecule has 2 aromatic rings. The molecule has 1 atom stereocenters. The van der Waals surface area contributed by atoms with E-state index in [4.69, 9.17) is 0 Å². The highest BCUT2D eigenvalue weighted by atomic mass is 15.3. The van der Waals surface area contributed by atoms with Crippen molar-refractivity contribution in [1.82, 2.24) is 19.6 Å². The Hall–Kier alpha value is -1.65. The number of aromatic nitrogens is 2. The van der Waals surface area contributed by atoms with Gasteiger partial charge in [-0.2, -0.15) is 5.10 Å². The minimum atomic E-state index is 0.735. The van der Waals surface area contributed by atoms with Crippen LogP contribution in [0.25, 0.3) is 0 Å². The first-order chi connectivity index (χ1) is 12.7. The van der Waals surface area contributed by atoms with E-state index in [1.807, 2.05) is 0 Å². The second-order valence-electron chi connectivity index (χ2n) is 7.94. The molecular formula is C22H32N4. The lowest BCUT2D eigenvalue weighted by molar-refractivity contribution is 0.0854. The van der Waals surface area contributed by atoms with Gasteiger partial charge in [0.05, 0.1) is 5.69 Å². The van der Waals surface area contributed by atoms with Crippen LogP contribution in [0, 0.1) is 13.8 Å². The molecule has 0 bridgehead atoms. The van der Waals surface area contributed by atoms with E-state index in [9.17, 15) is 0 Å². The number of hydrogen-bond donors (Lipinski definition) is 0. The van der Waals surface area contributed by atoms with Crippen molar-refractivity contribution in [2.45, 2.75) is 59.2 Å². The number of rotatable bonds is 4. The lowest BCUT2D eigenvalue weighted by atomic mass is 9.87. The SMILES string of the molecule is CCn1nc(C)c(CN2CCN(C3CCc4ccccc4C3)CC2)c1C. The third-order valence-electron chi connectivity index (χ3n) is 6.46. The Bertz CT molecular complexity index is 755. The van der Waals surface area contributed by atoms with Gasteiger partial charge in [0.15, 0.2) is 0 Å². The van der Waals surface area contributed by atoms with E-state index in [0.717, 1.165) is 19.1 Å². The molecule has 2 aliphatic rings. The van der Waals surface area contributed by atoms with Crippen LogP contribution in [0.3, 0.4) is 0 Å². The Labute approximate surface area is 157 Å². The van der Waals surface area contributed by atoms with Gasteiger partial charge in [0.2, 0.25) is 0 Å². The molecule has 26 heavy (non-hydrogen) atoms. The average Bonchev–Trinajstić information content (AvgIpc) is 2.96. The van der Waals surface area contributed by atoms with Gasteiger partial charge in [-0.15, -0.1) is 0 Å². The summed E-state index contributed by atoms with van der Waals surface area (Å²) in [5.41, 5.74) is 7.13. The Morgan fingerprint density at radius 1 is 1.04 bits per heavy atom. The Morgan fingerprint density at radius 2 is 1.77 bits per heavy atom. The number of nitrogens with zero attached hydrogens (tertiary/aromatic N) is 4. The second kappa shape index (κ2) is 7.53. The predicted octanol–water partition coefficient (Wildman–Crippen LogP) is 3.19. The second-order valence-corrected chi connectivity index (χ2v) is 7.94. The maximum absolute atomic E-state index is 4.68. The van der Waals surface area contributed by atoms with Crippen molar-refractivity contribution in [1.29, 1.82) is 0 Å². The molecule has 4 nitrogen and oxygen atoms in total. The summed E-state index contributed by atoms with van der Waals surface area (Å²) in [6.07, 6.45) is 3.80. The van der Waals surface area contributed by atoms with E-state index in [1.54, 1.807) is 11.1 Å². The Morgan fingerprint density at radius 3 is 2.46 bits per heavy atom. The van der Waals surface area contributed by atoms with E-state index in [0.29, 0.717) is 0 Å². The van der Waals surface area contributed by atoms with Crippen LogP contribution in [0.2, 0.25) is 0 Å². The van der Waals surface area contributed by atoms with Crippen molar-refractivity contribution in [2.75, 3.05) is 26.2 Å². The molecule has 1 aliphatic heterocycles. The molecule has 2 heterocycles. The van der Waals surface area contributed by atoms with Crippen LogP contribution in [0.15, 0.2) is 24.3 Å². The first-order valence-corrected chi connectivity index (χ1v) is 10.2. The molecule has 0 amide bonds. The summed E-state index contributed by atoms with van der Waals surface area (Å²) in [6, 6.07) is 9.75. The van der Waals surface area contributed by atoms with Crippen LogP contribution in [-0.2, 0) is 25.9 Å². The van der Waals surface area contributed by atoms with Gasteiger partial charge in [-0.1, -0.05) is 24.3 Å². The van der Waals surface area contributed by atoms with Crippen LogP contribution >= 0.6 is 0 Å². The van der Waals surface area contributed by atoms with E-state index >= 15 is 0 Å². The molecule has 1 aliphatic carbocycles. The highest BCUT2D eigenvalue weighted by Gasteiger charge is 2.27. The first-order valence-electron chi connectivity index (χ1n) is 10.2. The van der Waals surface area contributed by atoms with Gasteiger partial charge < -0.3 is 0 Å². The summed E-state index contributed by atoms with van der Waals surface area (Å²) in [6.45, 7) is 13.3. The summed E-state index contributed by atoms with van der Waals surface area (Å²) in [4.78, 5) is 5.35. The molecule has 1 unspecified atom stereocenters. The Balaban J connectivity index is 1.34. The fourth-order valence-corrected chi connectivity index (χ4v) is 4.77. The van der Waals surface area contributed by atoms with Gasteiger partial charge in [0.25, 0.3) is 0 Å². The minimum Gasteiger partial charge on any atom is -0.298 e. The molecule has 1 saturated heterocycles. The van der Waals surface area contributed by atoms with Crippen LogP contribution in [0.5, 0.6) is 0 Å². The van der Waals surface area contributed by atoms with Crippen molar-refractivity contribution < 1.29 is 0 Å². The predicted molar refractivity (Wildman–Crippen MR) is 106 cm³/mol. The number of benzene rings is 1. The summed E-state index contributed by atoms with van der Waals surface area (Å²) in [5.74, 6) is 0. The van der Waals surface area contributed by atoms with Crippen molar-refractivity contribution in [3.05, 3.63) is 52.3 Å². The number of fused-ring (bicyclic) bond motifs is 1. The number of piperazine rings is 1. The molecule has 0 spiro atoms. The quantitative estimate of drug-likeness (QED) is 0.845. The molecule has 4 rings (SSSR count). The van der Waals surface area contributed by atoms with Gasteiger partial charge in [0.1, 0.15) is 0 Å². The van der Waals surface area contributed by atoms with Crippen molar-refractivity contribution >= 4 is 0 Å². The Kier molecular flexibility index (Phi) is 5.14. The molecule has 0 radical (unpaired) electrons. The normalized spacial score (nSPS) is 21.7. The molecular weight excluding hydrogens is 320 g/mol. The lowest BCUT2D eigenvalue weighted by Crippen LogP contribution is -2.51. The summed E-state index contributed by atoms with van der Waals surface area (Å²) >= 11 is 0. The molecule has 4 heteroatoms.